The molecule has 1 heterocycles. The number of rotatable bonds is 6. The standard InChI is InChI=1S/C26H30N4O/c1-30(2)24-18-25(29-23-11-7-6-10-22(23)24)27-20-13-15-21(16-14-20)28-26(31)17-12-19-8-4-3-5-9-19/h3-12,17-18,20-21H,13-16H2,1-2H3,(H,27,29)(H,28,31)/b17-12+/t20-,21+. The van der Waals surface area contributed by atoms with Crippen LogP contribution in [-0.2, 0) is 4.79 Å². The fraction of sp³-hybridized carbons (Fsp3) is 0.308. The molecule has 2 N–H and O–H groups in total. The maximum Gasteiger partial charge on any atom is 0.244 e. The minimum Gasteiger partial charge on any atom is -0.377 e. The molecule has 5 nitrogen and oxygen atoms in total. The molecule has 3 aromatic rings. The second-order valence-electron chi connectivity index (χ2n) is 8.38. The summed E-state index contributed by atoms with van der Waals surface area (Å²) in [6, 6.07) is 20.9. The van der Waals surface area contributed by atoms with Gasteiger partial charge in [-0.3, -0.25) is 4.79 Å². The molecule has 1 aliphatic rings. The van der Waals surface area contributed by atoms with Gasteiger partial charge in [-0.25, -0.2) is 4.98 Å². The van der Waals surface area contributed by atoms with Gasteiger partial charge >= 0.3 is 0 Å². The predicted molar refractivity (Wildman–Crippen MR) is 129 cm³/mol. The molecule has 0 radical (unpaired) electrons. The molecule has 0 atom stereocenters. The lowest BCUT2D eigenvalue weighted by Crippen LogP contribution is -2.39. The Morgan fingerprint density at radius 3 is 2.39 bits per heavy atom. The third-order valence-electron chi connectivity index (χ3n) is 5.83. The van der Waals surface area contributed by atoms with Gasteiger partial charge in [-0.1, -0.05) is 48.5 Å². The summed E-state index contributed by atoms with van der Waals surface area (Å²) in [4.78, 5) is 19.2. The van der Waals surface area contributed by atoms with Crippen LogP contribution in [0.2, 0.25) is 0 Å². The molecular formula is C26H30N4O. The van der Waals surface area contributed by atoms with E-state index in [1.54, 1.807) is 6.08 Å². The zero-order valence-corrected chi connectivity index (χ0v) is 18.2. The van der Waals surface area contributed by atoms with Crippen LogP contribution in [0.25, 0.3) is 17.0 Å². The first-order valence-corrected chi connectivity index (χ1v) is 11.0. The number of fused-ring (bicyclic) bond motifs is 1. The Hall–Kier alpha value is -3.34. The Bertz CT molecular complexity index is 1050. The maximum atomic E-state index is 12.3. The molecule has 31 heavy (non-hydrogen) atoms. The van der Waals surface area contributed by atoms with Gasteiger partial charge in [0.2, 0.25) is 5.91 Å². The van der Waals surface area contributed by atoms with E-state index in [-0.39, 0.29) is 11.9 Å². The molecule has 2 aromatic carbocycles. The summed E-state index contributed by atoms with van der Waals surface area (Å²) < 4.78 is 0. The topological polar surface area (TPSA) is 57.3 Å². The molecule has 1 fully saturated rings. The predicted octanol–water partition coefficient (Wildman–Crippen LogP) is 4.85. The molecule has 0 saturated heterocycles. The van der Waals surface area contributed by atoms with Crippen molar-refractivity contribution in [3.05, 3.63) is 72.3 Å². The van der Waals surface area contributed by atoms with E-state index < -0.39 is 0 Å². The van der Waals surface area contributed by atoms with Crippen LogP contribution in [0.1, 0.15) is 31.2 Å². The van der Waals surface area contributed by atoms with Crippen molar-refractivity contribution in [1.29, 1.82) is 0 Å². The molecule has 4 rings (SSSR count). The smallest absolute Gasteiger partial charge is 0.244 e. The summed E-state index contributed by atoms with van der Waals surface area (Å²) in [7, 11) is 4.12. The summed E-state index contributed by atoms with van der Waals surface area (Å²) in [5, 5.41) is 7.93. The van der Waals surface area contributed by atoms with E-state index in [2.05, 4.69) is 53.9 Å². The molecule has 0 bridgehead atoms. The van der Waals surface area contributed by atoms with E-state index in [4.69, 9.17) is 4.98 Å². The highest BCUT2D eigenvalue weighted by molar-refractivity contribution is 5.93. The first-order valence-electron chi connectivity index (χ1n) is 11.0. The third-order valence-corrected chi connectivity index (χ3v) is 5.83. The number of anilines is 2. The lowest BCUT2D eigenvalue weighted by atomic mass is 9.91. The molecule has 0 spiro atoms. The minimum atomic E-state index is -0.0212. The largest absolute Gasteiger partial charge is 0.377 e. The number of para-hydroxylation sites is 1. The number of nitrogens with one attached hydrogen (secondary N) is 2. The van der Waals surface area contributed by atoms with Gasteiger partial charge in [0.1, 0.15) is 5.82 Å². The first kappa shape index (κ1) is 20.9. The van der Waals surface area contributed by atoms with Crippen molar-refractivity contribution in [2.24, 2.45) is 0 Å². The van der Waals surface area contributed by atoms with Crippen molar-refractivity contribution in [2.75, 3.05) is 24.3 Å². The van der Waals surface area contributed by atoms with Crippen molar-refractivity contribution >= 4 is 34.4 Å². The zero-order chi connectivity index (χ0) is 21.6. The number of carbonyl (C=O) groups excluding carboxylic acids is 1. The molecular weight excluding hydrogens is 384 g/mol. The van der Waals surface area contributed by atoms with Gasteiger partial charge in [-0.15, -0.1) is 0 Å². The number of amides is 1. The van der Waals surface area contributed by atoms with Gasteiger partial charge in [-0.05, 0) is 43.4 Å². The summed E-state index contributed by atoms with van der Waals surface area (Å²) in [6.45, 7) is 0. The summed E-state index contributed by atoms with van der Waals surface area (Å²) in [6.07, 6.45) is 7.45. The van der Waals surface area contributed by atoms with Gasteiger partial charge in [0.05, 0.1) is 5.52 Å². The average molecular weight is 415 g/mol. The molecule has 0 aliphatic heterocycles. The number of benzene rings is 2. The van der Waals surface area contributed by atoms with Crippen LogP contribution < -0.4 is 15.5 Å². The van der Waals surface area contributed by atoms with E-state index in [0.29, 0.717) is 6.04 Å². The van der Waals surface area contributed by atoms with E-state index >= 15 is 0 Å². The van der Waals surface area contributed by atoms with Crippen LogP contribution in [0, 0.1) is 0 Å². The van der Waals surface area contributed by atoms with Crippen LogP contribution in [0.5, 0.6) is 0 Å². The monoisotopic (exact) mass is 414 g/mol. The highest BCUT2D eigenvalue weighted by atomic mass is 16.1. The molecule has 1 saturated carbocycles. The Kier molecular flexibility index (Phi) is 6.51. The molecule has 1 amide bonds. The Labute approximate surface area is 184 Å². The number of carbonyl (C=O) groups is 1. The molecule has 160 valence electrons. The fourth-order valence-corrected chi connectivity index (χ4v) is 4.18. The van der Waals surface area contributed by atoms with Crippen LogP contribution in [0.15, 0.2) is 66.7 Å². The van der Waals surface area contributed by atoms with E-state index in [1.807, 2.05) is 42.5 Å². The van der Waals surface area contributed by atoms with Crippen LogP contribution in [-0.4, -0.2) is 37.1 Å². The highest BCUT2D eigenvalue weighted by Crippen LogP contribution is 2.29. The number of aromatic nitrogens is 1. The molecule has 1 aromatic heterocycles. The maximum absolute atomic E-state index is 12.3. The van der Waals surface area contributed by atoms with Crippen molar-refractivity contribution < 1.29 is 4.79 Å². The van der Waals surface area contributed by atoms with Crippen LogP contribution in [0.4, 0.5) is 11.5 Å². The minimum absolute atomic E-state index is 0.0212. The average Bonchev–Trinajstić information content (AvgIpc) is 2.79. The summed E-state index contributed by atoms with van der Waals surface area (Å²) >= 11 is 0. The van der Waals surface area contributed by atoms with Crippen molar-refractivity contribution in [2.45, 2.75) is 37.8 Å². The Morgan fingerprint density at radius 1 is 0.968 bits per heavy atom. The number of nitrogens with zero attached hydrogens (tertiary/aromatic N) is 2. The molecule has 0 unspecified atom stereocenters. The number of hydrogen-bond donors (Lipinski definition) is 2. The van der Waals surface area contributed by atoms with Crippen LogP contribution in [0.3, 0.4) is 0 Å². The summed E-state index contributed by atoms with van der Waals surface area (Å²) in [5.41, 5.74) is 3.20. The summed E-state index contributed by atoms with van der Waals surface area (Å²) in [5.74, 6) is 0.896. The van der Waals surface area contributed by atoms with Gasteiger partial charge < -0.3 is 15.5 Å². The second-order valence-corrected chi connectivity index (χ2v) is 8.38. The normalized spacial score (nSPS) is 18.8. The quantitative estimate of drug-likeness (QED) is 0.566. The van der Waals surface area contributed by atoms with Gasteiger partial charge in [0.15, 0.2) is 0 Å². The zero-order valence-electron chi connectivity index (χ0n) is 18.2. The van der Waals surface area contributed by atoms with Gasteiger partial charge in [0, 0.05) is 49.4 Å². The first-order chi connectivity index (χ1) is 15.1. The highest BCUT2D eigenvalue weighted by Gasteiger charge is 2.22. The van der Waals surface area contributed by atoms with E-state index in [9.17, 15) is 4.79 Å². The van der Waals surface area contributed by atoms with E-state index in [0.717, 1.165) is 48.0 Å². The Morgan fingerprint density at radius 2 is 1.65 bits per heavy atom. The lowest BCUT2D eigenvalue weighted by molar-refractivity contribution is -0.117. The number of pyridine rings is 1. The second kappa shape index (κ2) is 9.65. The molecule has 1 aliphatic carbocycles. The van der Waals surface area contributed by atoms with Crippen LogP contribution >= 0.6 is 0 Å². The number of hydrogen-bond acceptors (Lipinski definition) is 4. The Balaban J connectivity index is 1.32. The SMILES string of the molecule is CN(C)c1cc(N[C@H]2CC[C@@H](NC(=O)/C=C/c3ccccc3)CC2)nc2ccccc12. The fourth-order valence-electron chi connectivity index (χ4n) is 4.18. The van der Waals surface area contributed by atoms with Crippen molar-refractivity contribution in [1.82, 2.24) is 10.3 Å². The third kappa shape index (κ3) is 5.43. The van der Waals surface area contributed by atoms with E-state index in [1.165, 1.54) is 5.69 Å². The van der Waals surface area contributed by atoms with Gasteiger partial charge in [0.25, 0.3) is 0 Å². The lowest BCUT2D eigenvalue weighted by Gasteiger charge is -2.30. The van der Waals surface area contributed by atoms with Crippen molar-refractivity contribution in [3.63, 3.8) is 0 Å². The molecule has 5 heteroatoms. The van der Waals surface area contributed by atoms with Gasteiger partial charge in [-0.2, -0.15) is 0 Å². The van der Waals surface area contributed by atoms with Crippen molar-refractivity contribution in [3.8, 4) is 0 Å².